The van der Waals surface area contributed by atoms with Crippen molar-refractivity contribution in [3.8, 4) is 0 Å². The minimum atomic E-state index is -0.379. The number of benzene rings is 1. The van der Waals surface area contributed by atoms with E-state index < -0.39 is 0 Å². The summed E-state index contributed by atoms with van der Waals surface area (Å²) >= 11 is 0. The van der Waals surface area contributed by atoms with E-state index in [-0.39, 0.29) is 18.0 Å². The molecule has 0 atom stereocenters. The van der Waals surface area contributed by atoms with Gasteiger partial charge in [0.15, 0.2) is 5.78 Å². The minimum Gasteiger partial charge on any atom is -0.289 e. The summed E-state index contributed by atoms with van der Waals surface area (Å²) in [5.41, 5.74) is 1.61. The molecule has 0 heterocycles. The predicted molar refractivity (Wildman–Crippen MR) is 55.0 cm³/mol. The van der Waals surface area contributed by atoms with Crippen molar-refractivity contribution < 1.29 is 9.18 Å². The number of halogens is 1. The van der Waals surface area contributed by atoms with Crippen molar-refractivity contribution >= 4 is 5.78 Å². The first-order valence-electron chi connectivity index (χ1n) is 4.60. The standard InChI is InChI=1S/C12H13FO/c1-3-11(13)8-12(14)10-6-4-9(2)5-7-10/h4-8H,3H2,1-2H3/b11-8+. The first kappa shape index (κ1) is 10.6. The SMILES string of the molecule is CC/C(F)=C\C(=O)c1ccc(C)cc1. The Balaban J connectivity index is 2.85. The summed E-state index contributed by atoms with van der Waals surface area (Å²) in [4.78, 5) is 11.4. The van der Waals surface area contributed by atoms with Gasteiger partial charge in [-0.1, -0.05) is 36.8 Å². The lowest BCUT2D eigenvalue weighted by Crippen LogP contribution is -1.94. The molecule has 74 valence electrons. The molecular formula is C12H13FO. The van der Waals surface area contributed by atoms with Crippen LogP contribution in [0.5, 0.6) is 0 Å². The van der Waals surface area contributed by atoms with Gasteiger partial charge in [-0.15, -0.1) is 0 Å². The van der Waals surface area contributed by atoms with Crippen LogP contribution in [0.2, 0.25) is 0 Å². The topological polar surface area (TPSA) is 17.1 Å². The molecule has 0 aliphatic rings. The average Bonchev–Trinajstić information content (AvgIpc) is 2.18. The molecule has 0 spiro atoms. The van der Waals surface area contributed by atoms with E-state index in [2.05, 4.69) is 0 Å². The summed E-state index contributed by atoms with van der Waals surface area (Å²) in [6.07, 6.45) is 1.31. The van der Waals surface area contributed by atoms with E-state index in [1.165, 1.54) is 0 Å². The lowest BCUT2D eigenvalue weighted by atomic mass is 10.1. The van der Waals surface area contributed by atoms with Crippen molar-refractivity contribution in [2.75, 3.05) is 0 Å². The van der Waals surface area contributed by atoms with Crippen LogP contribution in [-0.4, -0.2) is 5.78 Å². The molecule has 0 N–H and O–H groups in total. The second kappa shape index (κ2) is 4.70. The van der Waals surface area contributed by atoms with E-state index in [1.807, 2.05) is 19.1 Å². The summed E-state index contributed by atoms with van der Waals surface area (Å²) in [7, 11) is 0. The number of carbonyl (C=O) groups excluding carboxylic acids is 1. The number of allylic oxidation sites excluding steroid dienone is 2. The monoisotopic (exact) mass is 192 g/mol. The van der Waals surface area contributed by atoms with Gasteiger partial charge in [0.1, 0.15) is 5.83 Å². The Kier molecular flexibility index (Phi) is 3.57. The molecule has 0 aliphatic heterocycles. The van der Waals surface area contributed by atoms with Crippen LogP contribution in [0.1, 0.15) is 29.3 Å². The highest BCUT2D eigenvalue weighted by atomic mass is 19.1. The molecule has 0 aliphatic carbocycles. The van der Waals surface area contributed by atoms with E-state index >= 15 is 0 Å². The van der Waals surface area contributed by atoms with E-state index in [9.17, 15) is 9.18 Å². The van der Waals surface area contributed by atoms with Crippen LogP contribution < -0.4 is 0 Å². The predicted octanol–water partition coefficient (Wildman–Crippen LogP) is 3.44. The van der Waals surface area contributed by atoms with Crippen molar-refractivity contribution in [2.45, 2.75) is 20.3 Å². The zero-order chi connectivity index (χ0) is 10.6. The molecule has 1 rings (SSSR count). The average molecular weight is 192 g/mol. The van der Waals surface area contributed by atoms with Crippen LogP contribution in [-0.2, 0) is 0 Å². The Bertz CT molecular complexity index is 349. The van der Waals surface area contributed by atoms with Gasteiger partial charge in [-0.05, 0) is 13.3 Å². The summed E-state index contributed by atoms with van der Waals surface area (Å²) in [6.45, 7) is 3.62. The highest BCUT2D eigenvalue weighted by molar-refractivity contribution is 6.04. The number of hydrogen-bond acceptors (Lipinski definition) is 1. The quantitative estimate of drug-likeness (QED) is 0.529. The second-order valence-corrected chi connectivity index (χ2v) is 3.18. The van der Waals surface area contributed by atoms with Gasteiger partial charge in [-0.2, -0.15) is 0 Å². The number of rotatable bonds is 3. The number of carbonyl (C=O) groups is 1. The van der Waals surface area contributed by atoms with Gasteiger partial charge >= 0.3 is 0 Å². The van der Waals surface area contributed by atoms with Gasteiger partial charge < -0.3 is 0 Å². The summed E-state index contributed by atoms with van der Waals surface area (Å²) in [5.74, 6) is -0.653. The second-order valence-electron chi connectivity index (χ2n) is 3.18. The van der Waals surface area contributed by atoms with Crippen LogP contribution in [0.3, 0.4) is 0 Å². The largest absolute Gasteiger partial charge is 0.289 e. The van der Waals surface area contributed by atoms with Crippen molar-refractivity contribution in [2.24, 2.45) is 0 Å². The van der Waals surface area contributed by atoms with Gasteiger partial charge in [-0.25, -0.2) is 4.39 Å². The molecule has 0 fully saturated rings. The zero-order valence-corrected chi connectivity index (χ0v) is 8.38. The van der Waals surface area contributed by atoms with Gasteiger partial charge in [0.2, 0.25) is 0 Å². The minimum absolute atomic E-state index is 0.262. The number of aryl methyl sites for hydroxylation is 1. The molecular weight excluding hydrogens is 179 g/mol. The fourth-order valence-electron chi connectivity index (χ4n) is 1.05. The van der Waals surface area contributed by atoms with Crippen molar-refractivity contribution in [1.82, 2.24) is 0 Å². The molecule has 0 aromatic heterocycles. The van der Waals surface area contributed by atoms with Crippen LogP contribution >= 0.6 is 0 Å². The van der Waals surface area contributed by atoms with E-state index in [4.69, 9.17) is 0 Å². The Morgan fingerprint density at radius 2 is 1.93 bits per heavy atom. The molecule has 0 amide bonds. The third-order valence-electron chi connectivity index (χ3n) is 1.96. The maximum atomic E-state index is 12.8. The summed E-state index contributed by atoms with van der Waals surface area (Å²) < 4.78 is 12.8. The lowest BCUT2D eigenvalue weighted by Gasteiger charge is -1.96. The van der Waals surface area contributed by atoms with Crippen molar-refractivity contribution in [3.63, 3.8) is 0 Å². The summed E-state index contributed by atoms with van der Waals surface area (Å²) in [6, 6.07) is 7.09. The Morgan fingerprint density at radius 3 is 2.43 bits per heavy atom. The first-order valence-corrected chi connectivity index (χ1v) is 4.60. The van der Waals surface area contributed by atoms with Crippen LogP contribution in [0.25, 0.3) is 0 Å². The van der Waals surface area contributed by atoms with Crippen LogP contribution in [0.4, 0.5) is 4.39 Å². The fourth-order valence-corrected chi connectivity index (χ4v) is 1.05. The number of hydrogen-bond donors (Lipinski definition) is 0. The molecule has 0 unspecified atom stereocenters. The molecule has 14 heavy (non-hydrogen) atoms. The van der Waals surface area contributed by atoms with Crippen molar-refractivity contribution in [1.29, 1.82) is 0 Å². The molecule has 0 radical (unpaired) electrons. The molecule has 1 aromatic rings. The lowest BCUT2D eigenvalue weighted by molar-refractivity contribution is 0.104. The first-order chi connectivity index (χ1) is 6.63. The molecule has 1 aromatic carbocycles. The molecule has 0 saturated carbocycles. The Hall–Kier alpha value is -1.44. The molecule has 1 nitrogen and oxygen atoms in total. The molecule has 2 heteroatoms. The normalized spacial score (nSPS) is 11.5. The maximum Gasteiger partial charge on any atom is 0.188 e. The van der Waals surface area contributed by atoms with E-state index in [0.717, 1.165) is 11.6 Å². The van der Waals surface area contributed by atoms with Crippen LogP contribution in [0.15, 0.2) is 36.2 Å². The fraction of sp³-hybridized carbons (Fsp3) is 0.250. The highest BCUT2D eigenvalue weighted by Gasteiger charge is 2.02. The van der Waals surface area contributed by atoms with Crippen molar-refractivity contribution in [3.05, 3.63) is 47.3 Å². The smallest absolute Gasteiger partial charge is 0.188 e. The highest BCUT2D eigenvalue weighted by Crippen LogP contribution is 2.08. The Labute approximate surface area is 83.3 Å². The summed E-state index contributed by atoms with van der Waals surface area (Å²) in [5, 5.41) is 0. The number of ketones is 1. The van der Waals surface area contributed by atoms with E-state index in [0.29, 0.717) is 5.56 Å². The van der Waals surface area contributed by atoms with Gasteiger partial charge in [0.05, 0.1) is 0 Å². The maximum absolute atomic E-state index is 12.8. The third-order valence-corrected chi connectivity index (χ3v) is 1.96. The van der Waals surface area contributed by atoms with Gasteiger partial charge in [0.25, 0.3) is 0 Å². The zero-order valence-electron chi connectivity index (χ0n) is 8.38. The van der Waals surface area contributed by atoms with Gasteiger partial charge in [0, 0.05) is 11.6 Å². The third kappa shape index (κ3) is 2.80. The Morgan fingerprint density at radius 1 is 1.36 bits per heavy atom. The molecule has 0 bridgehead atoms. The van der Waals surface area contributed by atoms with E-state index in [1.54, 1.807) is 19.1 Å². The molecule has 0 saturated heterocycles. The van der Waals surface area contributed by atoms with Gasteiger partial charge in [-0.3, -0.25) is 4.79 Å². The van der Waals surface area contributed by atoms with Crippen LogP contribution in [0, 0.1) is 6.92 Å².